The zero-order valence-corrected chi connectivity index (χ0v) is 16.2. The summed E-state index contributed by atoms with van der Waals surface area (Å²) >= 11 is 0. The third kappa shape index (κ3) is 8.71. The smallest absolute Gasteiger partial charge is 0.307 e. The minimum atomic E-state index is -0.310. The summed E-state index contributed by atoms with van der Waals surface area (Å²) in [6.45, 7) is 2.16. The third-order valence-corrected chi connectivity index (χ3v) is 3.85. The number of esters is 1. The van der Waals surface area contributed by atoms with Crippen molar-refractivity contribution in [3.63, 3.8) is 0 Å². The summed E-state index contributed by atoms with van der Waals surface area (Å²) in [5.41, 5.74) is 0. The highest BCUT2D eigenvalue weighted by Gasteiger charge is 2.15. The van der Waals surface area contributed by atoms with Crippen LogP contribution in [0.25, 0.3) is 0 Å². The lowest BCUT2D eigenvalue weighted by atomic mass is 10.2. The molecular weight excluding hydrogens is 336 g/mol. The number of amides is 1. The zero-order valence-electron chi connectivity index (χ0n) is 16.2. The van der Waals surface area contributed by atoms with Crippen LogP contribution in [-0.4, -0.2) is 76.2 Å². The molecule has 1 aromatic rings. The van der Waals surface area contributed by atoms with E-state index in [1.807, 2.05) is 43.3 Å². The molecule has 1 amide bonds. The molecule has 7 nitrogen and oxygen atoms in total. The third-order valence-electron chi connectivity index (χ3n) is 3.85. The minimum Gasteiger partial charge on any atom is -0.497 e. The van der Waals surface area contributed by atoms with Crippen LogP contribution in [0.5, 0.6) is 11.5 Å². The molecule has 0 N–H and O–H groups in total. The van der Waals surface area contributed by atoms with Gasteiger partial charge in [-0.25, -0.2) is 0 Å². The molecule has 0 bridgehead atoms. The van der Waals surface area contributed by atoms with E-state index in [1.54, 1.807) is 12.0 Å². The molecule has 0 spiro atoms. The van der Waals surface area contributed by atoms with Crippen LogP contribution >= 0.6 is 0 Å². The van der Waals surface area contributed by atoms with Crippen LogP contribution in [0.1, 0.15) is 19.3 Å². The lowest BCUT2D eigenvalue weighted by molar-refractivity contribution is -0.141. The highest BCUT2D eigenvalue weighted by Crippen LogP contribution is 2.17. The number of carbonyl (C=O) groups excluding carboxylic acids is 2. The number of ether oxygens (including phenoxy) is 3. The van der Waals surface area contributed by atoms with Crippen LogP contribution in [0.2, 0.25) is 0 Å². The number of benzene rings is 1. The molecule has 0 saturated carbocycles. The summed E-state index contributed by atoms with van der Waals surface area (Å²) in [4.78, 5) is 27.5. The van der Waals surface area contributed by atoms with Crippen molar-refractivity contribution >= 4 is 11.9 Å². The van der Waals surface area contributed by atoms with Crippen molar-refractivity contribution in [2.45, 2.75) is 19.3 Å². The maximum atomic E-state index is 12.4. The first-order chi connectivity index (χ1) is 12.5. The Labute approximate surface area is 155 Å². The first-order valence-corrected chi connectivity index (χ1v) is 8.72. The number of likely N-dealkylation sites (N-methyl/N-ethyl adjacent to an activating group) is 1. The molecule has 0 heterocycles. The molecule has 0 fully saturated rings. The second-order valence-corrected chi connectivity index (χ2v) is 6.14. The van der Waals surface area contributed by atoms with E-state index in [0.717, 1.165) is 18.0 Å². The number of nitrogens with zero attached hydrogens (tertiary/aromatic N) is 2. The quantitative estimate of drug-likeness (QED) is 0.415. The maximum absolute atomic E-state index is 12.4. The van der Waals surface area contributed by atoms with E-state index >= 15 is 0 Å². The zero-order chi connectivity index (χ0) is 19.4. The average Bonchev–Trinajstić information content (AvgIpc) is 2.65. The van der Waals surface area contributed by atoms with E-state index < -0.39 is 0 Å². The summed E-state index contributed by atoms with van der Waals surface area (Å²) in [5.74, 6) is 1.23. The van der Waals surface area contributed by atoms with E-state index in [0.29, 0.717) is 32.5 Å². The fourth-order valence-corrected chi connectivity index (χ4v) is 2.25. The maximum Gasteiger partial charge on any atom is 0.307 e. The average molecular weight is 366 g/mol. The Morgan fingerprint density at radius 3 is 2.15 bits per heavy atom. The molecule has 0 atom stereocenters. The van der Waals surface area contributed by atoms with Crippen molar-refractivity contribution in [3.05, 3.63) is 24.3 Å². The van der Waals surface area contributed by atoms with Gasteiger partial charge in [-0.15, -0.1) is 0 Å². The van der Waals surface area contributed by atoms with Gasteiger partial charge in [-0.2, -0.15) is 0 Å². The van der Waals surface area contributed by atoms with Gasteiger partial charge in [0.15, 0.2) is 0 Å². The largest absolute Gasteiger partial charge is 0.497 e. The molecule has 0 aliphatic heterocycles. The molecule has 0 aromatic heterocycles. The number of carbonyl (C=O) groups is 2. The predicted molar refractivity (Wildman–Crippen MR) is 99.5 cm³/mol. The number of hydrogen-bond acceptors (Lipinski definition) is 6. The van der Waals surface area contributed by atoms with Gasteiger partial charge >= 0.3 is 5.97 Å². The summed E-state index contributed by atoms with van der Waals surface area (Å²) in [6.07, 6.45) is 1.20. The lowest BCUT2D eigenvalue weighted by Crippen LogP contribution is -2.38. The van der Waals surface area contributed by atoms with Crippen molar-refractivity contribution in [3.8, 4) is 11.5 Å². The fourth-order valence-electron chi connectivity index (χ4n) is 2.25. The lowest BCUT2D eigenvalue weighted by Gasteiger charge is -2.24. The van der Waals surface area contributed by atoms with E-state index in [9.17, 15) is 9.59 Å². The Bertz CT molecular complexity index is 545. The first-order valence-electron chi connectivity index (χ1n) is 8.72. The molecular formula is C19H30N2O5. The molecule has 0 aliphatic carbocycles. The second-order valence-electron chi connectivity index (χ2n) is 6.14. The van der Waals surface area contributed by atoms with Gasteiger partial charge in [0.25, 0.3) is 0 Å². The number of methoxy groups -OCH3 is 2. The molecule has 0 unspecified atom stereocenters. The molecule has 26 heavy (non-hydrogen) atoms. The Hall–Kier alpha value is -2.28. The molecule has 1 aromatic carbocycles. The van der Waals surface area contributed by atoms with Crippen molar-refractivity contribution < 1.29 is 23.8 Å². The Balaban J connectivity index is 2.39. The Kier molecular flexibility index (Phi) is 10.2. The normalized spacial score (nSPS) is 10.5. The van der Waals surface area contributed by atoms with Crippen LogP contribution in [0.3, 0.4) is 0 Å². The highest BCUT2D eigenvalue weighted by atomic mass is 16.5. The van der Waals surface area contributed by atoms with Crippen LogP contribution in [-0.2, 0) is 14.3 Å². The van der Waals surface area contributed by atoms with Gasteiger partial charge in [0.2, 0.25) is 5.91 Å². The van der Waals surface area contributed by atoms with Gasteiger partial charge in [-0.1, -0.05) is 0 Å². The van der Waals surface area contributed by atoms with E-state index in [2.05, 4.69) is 4.74 Å². The van der Waals surface area contributed by atoms with E-state index in [1.165, 1.54) is 7.11 Å². The summed E-state index contributed by atoms with van der Waals surface area (Å²) < 4.78 is 15.4. The Morgan fingerprint density at radius 1 is 0.923 bits per heavy atom. The minimum absolute atomic E-state index is 0.0223. The van der Waals surface area contributed by atoms with Gasteiger partial charge in [0.05, 0.1) is 27.2 Å². The first kappa shape index (κ1) is 21.8. The van der Waals surface area contributed by atoms with E-state index in [-0.39, 0.29) is 18.3 Å². The van der Waals surface area contributed by atoms with Crippen molar-refractivity contribution in [1.29, 1.82) is 0 Å². The molecule has 0 saturated heterocycles. The Morgan fingerprint density at radius 2 is 1.58 bits per heavy atom. The van der Waals surface area contributed by atoms with Crippen LogP contribution in [0.15, 0.2) is 24.3 Å². The van der Waals surface area contributed by atoms with Gasteiger partial charge in [-0.05, 0) is 44.8 Å². The summed E-state index contributed by atoms with van der Waals surface area (Å²) in [7, 11) is 6.87. The van der Waals surface area contributed by atoms with E-state index in [4.69, 9.17) is 9.47 Å². The highest BCUT2D eigenvalue weighted by molar-refractivity contribution is 5.77. The fraction of sp³-hybridized carbons (Fsp3) is 0.579. The summed E-state index contributed by atoms with van der Waals surface area (Å²) in [5, 5.41) is 0. The van der Waals surface area contributed by atoms with Gasteiger partial charge in [0, 0.05) is 26.1 Å². The number of rotatable bonds is 12. The SMILES string of the molecule is COC(=O)CCN(CCN(C)C)C(=O)CCCOc1ccc(OC)cc1. The van der Waals surface area contributed by atoms with Crippen LogP contribution in [0, 0.1) is 0 Å². The van der Waals surface area contributed by atoms with Crippen molar-refractivity contribution in [1.82, 2.24) is 9.80 Å². The topological polar surface area (TPSA) is 68.3 Å². The predicted octanol–water partition coefficient (Wildman–Crippen LogP) is 1.81. The molecule has 0 radical (unpaired) electrons. The summed E-state index contributed by atoms with van der Waals surface area (Å²) in [6, 6.07) is 7.33. The number of hydrogen-bond donors (Lipinski definition) is 0. The van der Waals surface area contributed by atoms with Crippen LogP contribution in [0.4, 0.5) is 0 Å². The monoisotopic (exact) mass is 366 g/mol. The van der Waals surface area contributed by atoms with Crippen LogP contribution < -0.4 is 9.47 Å². The molecule has 146 valence electrons. The molecule has 0 aliphatic rings. The second kappa shape index (κ2) is 12.1. The molecule has 1 rings (SSSR count). The molecule has 7 heteroatoms. The van der Waals surface area contributed by atoms with Gasteiger partial charge < -0.3 is 24.0 Å². The van der Waals surface area contributed by atoms with Crippen molar-refractivity contribution in [2.24, 2.45) is 0 Å². The van der Waals surface area contributed by atoms with Gasteiger partial charge in [0.1, 0.15) is 11.5 Å². The van der Waals surface area contributed by atoms with Gasteiger partial charge in [-0.3, -0.25) is 9.59 Å². The van der Waals surface area contributed by atoms with Crippen molar-refractivity contribution in [2.75, 3.05) is 54.6 Å². The standard InChI is InChI=1S/C19H30N2O5/c1-20(2)13-14-21(12-11-19(23)25-4)18(22)6-5-15-26-17-9-7-16(24-3)8-10-17/h7-10H,5-6,11-15H2,1-4H3.